The number of hydrogen-bond donors (Lipinski definition) is 1. The molecule has 1 heterocycles. The lowest BCUT2D eigenvalue weighted by Gasteiger charge is -2.19. The SMILES string of the molecule is CCC(Nc1cncc(C)c1)c1ccc(Cl)c(Cl)c1. The molecule has 4 heteroatoms. The molecule has 1 N–H and O–H groups in total. The van der Waals surface area contributed by atoms with Crippen molar-refractivity contribution in [1.29, 1.82) is 0 Å². The van der Waals surface area contributed by atoms with Crippen LogP contribution in [0.2, 0.25) is 10.0 Å². The van der Waals surface area contributed by atoms with E-state index in [0.717, 1.165) is 23.2 Å². The van der Waals surface area contributed by atoms with Gasteiger partial charge in [0.15, 0.2) is 0 Å². The first kappa shape index (κ1) is 14.2. The summed E-state index contributed by atoms with van der Waals surface area (Å²) >= 11 is 12.0. The lowest BCUT2D eigenvalue weighted by Crippen LogP contribution is -2.10. The molecule has 0 aliphatic rings. The van der Waals surface area contributed by atoms with Gasteiger partial charge in [0.2, 0.25) is 0 Å². The van der Waals surface area contributed by atoms with Crippen LogP contribution in [0.5, 0.6) is 0 Å². The molecule has 0 saturated heterocycles. The van der Waals surface area contributed by atoms with Crippen LogP contribution in [-0.4, -0.2) is 4.98 Å². The summed E-state index contributed by atoms with van der Waals surface area (Å²) < 4.78 is 0. The van der Waals surface area contributed by atoms with Gasteiger partial charge in [-0.15, -0.1) is 0 Å². The fourth-order valence-electron chi connectivity index (χ4n) is 1.99. The second-order valence-corrected chi connectivity index (χ2v) is 5.34. The topological polar surface area (TPSA) is 24.9 Å². The van der Waals surface area contributed by atoms with Crippen LogP contribution in [-0.2, 0) is 0 Å². The average Bonchev–Trinajstić information content (AvgIpc) is 2.39. The monoisotopic (exact) mass is 294 g/mol. The van der Waals surface area contributed by atoms with Gasteiger partial charge in [0.1, 0.15) is 0 Å². The molecule has 1 atom stereocenters. The molecule has 0 amide bonds. The minimum atomic E-state index is 0.193. The maximum atomic E-state index is 6.07. The predicted octanol–water partition coefficient (Wildman–Crippen LogP) is 5.26. The highest BCUT2D eigenvalue weighted by Crippen LogP contribution is 2.28. The highest BCUT2D eigenvalue weighted by Gasteiger charge is 2.11. The van der Waals surface area contributed by atoms with Gasteiger partial charge < -0.3 is 5.32 Å². The van der Waals surface area contributed by atoms with E-state index in [4.69, 9.17) is 23.2 Å². The van der Waals surface area contributed by atoms with Crippen molar-refractivity contribution in [3.05, 3.63) is 57.8 Å². The summed E-state index contributed by atoms with van der Waals surface area (Å²) in [6, 6.07) is 8.01. The fourth-order valence-corrected chi connectivity index (χ4v) is 2.29. The lowest BCUT2D eigenvalue weighted by molar-refractivity contribution is 0.748. The molecule has 100 valence electrons. The van der Waals surface area contributed by atoms with Crippen molar-refractivity contribution in [2.24, 2.45) is 0 Å². The largest absolute Gasteiger partial charge is 0.377 e. The second kappa shape index (κ2) is 6.27. The Bertz CT molecular complexity index is 570. The van der Waals surface area contributed by atoms with E-state index in [9.17, 15) is 0 Å². The molecule has 19 heavy (non-hydrogen) atoms. The van der Waals surface area contributed by atoms with Crippen LogP contribution in [0.1, 0.15) is 30.5 Å². The molecule has 0 fully saturated rings. The van der Waals surface area contributed by atoms with Crippen molar-refractivity contribution in [3.8, 4) is 0 Å². The molecular formula is C15H16Cl2N2. The van der Waals surface area contributed by atoms with Crippen LogP contribution < -0.4 is 5.32 Å². The van der Waals surface area contributed by atoms with Gasteiger partial charge in [0, 0.05) is 12.4 Å². The van der Waals surface area contributed by atoms with Crippen molar-refractivity contribution >= 4 is 28.9 Å². The fraction of sp³-hybridized carbons (Fsp3) is 0.267. The summed E-state index contributed by atoms with van der Waals surface area (Å²) in [4.78, 5) is 4.19. The molecule has 2 aromatic rings. The lowest BCUT2D eigenvalue weighted by atomic mass is 10.0. The van der Waals surface area contributed by atoms with Crippen LogP contribution >= 0.6 is 23.2 Å². The second-order valence-electron chi connectivity index (χ2n) is 4.53. The minimum Gasteiger partial charge on any atom is -0.377 e. The number of nitrogens with zero attached hydrogens (tertiary/aromatic N) is 1. The average molecular weight is 295 g/mol. The van der Waals surface area contributed by atoms with Gasteiger partial charge in [0.25, 0.3) is 0 Å². The van der Waals surface area contributed by atoms with Gasteiger partial charge in [-0.05, 0) is 42.7 Å². The number of rotatable bonds is 4. The zero-order valence-electron chi connectivity index (χ0n) is 11.0. The molecule has 2 nitrogen and oxygen atoms in total. The third kappa shape index (κ3) is 3.62. The number of anilines is 1. The van der Waals surface area contributed by atoms with E-state index < -0.39 is 0 Å². The molecule has 0 aliphatic heterocycles. The van der Waals surface area contributed by atoms with Crippen LogP contribution in [0.25, 0.3) is 0 Å². The number of pyridine rings is 1. The number of halogens is 2. The van der Waals surface area contributed by atoms with Gasteiger partial charge in [-0.2, -0.15) is 0 Å². The normalized spacial score (nSPS) is 12.2. The van der Waals surface area contributed by atoms with Crippen molar-refractivity contribution in [2.45, 2.75) is 26.3 Å². The van der Waals surface area contributed by atoms with Gasteiger partial charge >= 0.3 is 0 Å². The first-order chi connectivity index (χ1) is 9.10. The van der Waals surface area contributed by atoms with Crippen LogP contribution in [0.15, 0.2) is 36.7 Å². The van der Waals surface area contributed by atoms with E-state index in [1.165, 1.54) is 0 Å². The molecule has 1 aromatic carbocycles. The Morgan fingerprint density at radius 1 is 1.16 bits per heavy atom. The maximum Gasteiger partial charge on any atom is 0.0595 e. The predicted molar refractivity (Wildman–Crippen MR) is 82.1 cm³/mol. The van der Waals surface area contributed by atoms with E-state index in [0.29, 0.717) is 10.0 Å². The number of aryl methyl sites for hydroxylation is 1. The summed E-state index contributed by atoms with van der Waals surface area (Å²) in [7, 11) is 0. The molecular weight excluding hydrogens is 279 g/mol. The van der Waals surface area contributed by atoms with Gasteiger partial charge in [-0.25, -0.2) is 0 Å². The van der Waals surface area contributed by atoms with Crippen molar-refractivity contribution in [3.63, 3.8) is 0 Å². The zero-order chi connectivity index (χ0) is 13.8. The maximum absolute atomic E-state index is 6.07. The third-order valence-corrected chi connectivity index (χ3v) is 3.71. The smallest absolute Gasteiger partial charge is 0.0595 e. The number of hydrogen-bond acceptors (Lipinski definition) is 2. The summed E-state index contributed by atoms with van der Waals surface area (Å²) in [5, 5.41) is 4.63. The zero-order valence-corrected chi connectivity index (χ0v) is 12.5. The Kier molecular flexibility index (Phi) is 4.67. The Morgan fingerprint density at radius 2 is 1.95 bits per heavy atom. The van der Waals surface area contributed by atoms with Crippen LogP contribution in [0, 0.1) is 6.92 Å². The molecule has 1 aromatic heterocycles. The molecule has 0 saturated carbocycles. The molecule has 0 spiro atoms. The first-order valence-corrected chi connectivity index (χ1v) is 6.99. The standard InChI is InChI=1S/C15H16Cl2N2/c1-3-15(11-4-5-13(16)14(17)7-11)19-12-6-10(2)8-18-9-12/h4-9,15,19H,3H2,1-2H3. The van der Waals surface area contributed by atoms with Crippen LogP contribution in [0.3, 0.4) is 0 Å². The van der Waals surface area contributed by atoms with E-state index in [2.05, 4.69) is 23.3 Å². The van der Waals surface area contributed by atoms with E-state index in [1.807, 2.05) is 37.5 Å². The highest BCUT2D eigenvalue weighted by atomic mass is 35.5. The Balaban J connectivity index is 2.22. The number of nitrogens with one attached hydrogen (secondary N) is 1. The Labute approximate surface area is 123 Å². The Hall–Kier alpha value is -1.25. The Morgan fingerprint density at radius 3 is 2.58 bits per heavy atom. The molecule has 0 radical (unpaired) electrons. The summed E-state index contributed by atoms with van der Waals surface area (Å²) in [5.41, 5.74) is 3.27. The van der Waals surface area contributed by atoms with Gasteiger partial charge in [-0.1, -0.05) is 36.2 Å². The van der Waals surface area contributed by atoms with E-state index in [-0.39, 0.29) is 6.04 Å². The van der Waals surface area contributed by atoms with Crippen molar-refractivity contribution in [2.75, 3.05) is 5.32 Å². The number of aromatic nitrogens is 1. The number of benzene rings is 1. The van der Waals surface area contributed by atoms with Crippen LogP contribution in [0.4, 0.5) is 5.69 Å². The highest BCUT2D eigenvalue weighted by molar-refractivity contribution is 6.42. The third-order valence-electron chi connectivity index (χ3n) is 2.97. The summed E-state index contributed by atoms with van der Waals surface area (Å²) in [5.74, 6) is 0. The minimum absolute atomic E-state index is 0.193. The van der Waals surface area contributed by atoms with Crippen molar-refractivity contribution < 1.29 is 0 Å². The first-order valence-electron chi connectivity index (χ1n) is 6.23. The molecule has 0 bridgehead atoms. The van der Waals surface area contributed by atoms with E-state index in [1.54, 1.807) is 0 Å². The van der Waals surface area contributed by atoms with E-state index >= 15 is 0 Å². The quantitative estimate of drug-likeness (QED) is 0.832. The molecule has 2 rings (SSSR count). The summed E-state index contributed by atoms with van der Waals surface area (Å²) in [6.07, 6.45) is 4.62. The van der Waals surface area contributed by atoms with Gasteiger partial charge in [-0.3, -0.25) is 4.98 Å². The summed E-state index contributed by atoms with van der Waals surface area (Å²) in [6.45, 7) is 4.15. The molecule has 0 aliphatic carbocycles. The van der Waals surface area contributed by atoms with Gasteiger partial charge in [0.05, 0.1) is 21.8 Å². The van der Waals surface area contributed by atoms with Crippen molar-refractivity contribution in [1.82, 2.24) is 4.98 Å². The molecule has 1 unspecified atom stereocenters.